The third-order valence-corrected chi connectivity index (χ3v) is 6.45. The summed E-state index contributed by atoms with van der Waals surface area (Å²) in [7, 11) is 0. The predicted octanol–water partition coefficient (Wildman–Crippen LogP) is 5.71. The second-order valence-corrected chi connectivity index (χ2v) is 9.07. The molecule has 4 aromatic rings. The first kappa shape index (κ1) is 20.8. The third kappa shape index (κ3) is 4.15. The molecule has 0 spiro atoms. The zero-order valence-electron chi connectivity index (χ0n) is 17.9. The maximum atomic E-state index is 12.8. The Morgan fingerprint density at radius 2 is 1.78 bits per heavy atom. The Morgan fingerprint density at radius 1 is 1.03 bits per heavy atom. The van der Waals surface area contributed by atoms with Gasteiger partial charge < -0.3 is 14.2 Å². The van der Waals surface area contributed by atoms with Gasteiger partial charge in [-0.1, -0.05) is 45.8 Å². The summed E-state index contributed by atoms with van der Waals surface area (Å²) >= 11 is 3.46. The van der Waals surface area contributed by atoms with Crippen molar-refractivity contribution in [2.75, 3.05) is 18.1 Å². The van der Waals surface area contributed by atoms with E-state index in [4.69, 9.17) is 9.72 Å². The lowest BCUT2D eigenvalue weighted by Crippen LogP contribution is -2.24. The van der Waals surface area contributed by atoms with Crippen LogP contribution in [0.25, 0.3) is 11.0 Å². The van der Waals surface area contributed by atoms with E-state index < -0.39 is 0 Å². The first-order valence-electron chi connectivity index (χ1n) is 10.8. The van der Waals surface area contributed by atoms with Crippen molar-refractivity contribution in [3.05, 3.63) is 88.7 Å². The van der Waals surface area contributed by atoms with E-state index >= 15 is 0 Å². The van der Waals surface area contributed by atoms with Gasteiger partial charge in [-0.2, -0.15) is 0 Å². The molecule has 0 bridgehead atoms. The summed E-state index contributed by atoms with van der Waals surface area (Å²) in [5.41, 5.74) is 4.16. The van der Waals surface area contributed by atoms with Crippen molar-refractivity contribution in [2.45, 2.75) is 25.8 Å². The average Bonchev–Trinajstić information content (AvgIpc) is 3.36. The predicted molar refractivity (Wildman–Crippen MR) is 130 cm³/mol. The van der Waals surface area contributed by atoms with E-state index in [0.717, 1.165) is 32.8 Å². The minimum absolute atomic E-state index is 0.0397. The number of carbonyl (C=O) groups is 1. The van der Waals surface area contributed by atoms with E-state index in [1.54, 1.807) is 0 Å². The maximum Gasteiger partial charge on any atom is 0.227 e. The van der Waals surface area contributed by atoms with Crippen molar-refractivity contribution in [1.29, 1.82) is 0 Å². The van der Waals surface area contributed by atoms with Gasteiger partial charge in [0.15, 0.2) is 0 Å². The number of carbonyl (C=O) groups excluding carboxylic acids is 1. The number of ether oxygens (including phenoxy) is 1. The van der Waals surface area contributed by atoms with Crippen LogP contribution >= 0.6 is 15.9 Å². The largest absolute Gasteiger partial charge is 0.492 e. The number of rotatable bonds is 6. The number of hydrogen-bond donors (Lipinski definition) is 0. The second-order valence-electron chi connectivity index (χ2n) is 8.15. The van der Waals surface area contributed by atoms with Crippen LogP contribution < -0.4 is 9.64 Å². The smallest absolute Gasteiger partial charge is 0.227 e. The van der Waals surface area contributed by atoms with Gasteiger partial charge in [0.1, 0.15) is 18.2 Å². The standard InChI is InChI=1S/C26H24BrN3O2/c1-18-6-12-22(13-7-18)32-15-14-29-24-5-3-2-4-23(24)28-26(29)19-16-25(31)30(17-19)21-10-8-20(27)9-11-21/h2-13,19H,14-17H2,1H3. The summed E-state index contributed by atoms with van der Waals surface area (Å²) in [4.78, 5) is 19.6. The van der Waals surface area contributed by atoms with Crippen LogP contribution in [0.2, 0.25) is 0 Å². The molecule has 1 aliphatic heterocycles. The van der Waals surface area contributed by atoms with Crippen LogP contribution in [0.1, 0.15) is 23.7 Å². The Hall–Kier alpha value is -3.12. The second kappa shape index (κ2) is 8.79. The van der Waals surface area contributed by atoms with Crippen molar-refractivity contribution < 1.29 is 9.53 Å². The van der Waals surface area contributed by atoms with Gasteiger partial charge in [-0.15, -0.1) is 0 Å². The first-order chi connectivity index (χ1) is 15.6. The molecular weight excluding hydrogens is 466 g/mol. The molecule has 0 aliphatic carbocycles. The Bertz CT molecular complexity index is 1250. The van der Waals surface area contributed by atoms with Crippen molar-refractivity contribution in [3.63, 3.8) is 0 Å². The highest BCUT2D eigenvalue weighted by atomic mass is 79.9. The first-order valence-corrected chi connectivity index (χ1v) is 11.6. The highest BCUT2D eigenvalue weighted by molar-refractivity contribution is 9.10. The molecule has 1 aliphatic rings. The van der Waals surface area contributed by atoms with Crippen molar-refractivity contribution in [1.82, 2.24) is 9.55 Å². The molecule has 5 nitrogen and oxygen atoms in total. The molecule has 1 saturated heterocycles. The fourth-order valence-corrected chi connectivity index (χ4v) is 4.55. The number of amides is 1. The molecule has 1 unspecified atom stereocenters. The summed E-state index contributed by atoms with van der Waals surface area (Å²) < 4.78 is 9.21. The zero-order chi connectivity index (χ0) is 22.1. The highest BCUT2D eigenvalue weighted by Crippen LogP contribution is 2.33. The van der Waals surface area contributed by atoms with E-state index in [2.05, 4.69) is 33.5 Å². The highest BCUT2D eigenvalue weighted by Gasteiger charge is 2.34. The van der Waals surface area contributed by atoms with Crippen LogP contribution in [0.5, 0.6) is 5.75 Å². The number of benzene rings is 3. The minimum atomic E-state index is 0.0397. The Kier molecular flexibility index (Phi) is 5.70. The lowest BCUT2D eigenvalue weighted by atomic mass is 10.1. The van der Waals surface area contributed by atoms with Gasteiger partial charge in [0.25, 0.3) is 0 Å². The molecule has 1 atom stereocenters. The lowest BCUT2D eigenvalue weighted by Gasteiger charge is -2.17. The summed E-state index contributed by atoms with van der Waals surface area (Å²) in [5, 5.41) is 0. The van der Waals surface area contributed by atoms with E-state index in [9.17, 15) is 4.79 Å². The van der Waals surface area contributed by atoms with Gasteiger partial charge in [0.05, 0.1) is 17.6 Å². The molecule has 1 amide bonds. The van der Waals surface area contributed by atoms with E-state index in [1.807, 2.05) is 71.6 Å². The molecule has 1 aromatic heterocycles. The molecule has 3 aromatic carbocycles. The topological polar surface area (TPSA) is 47.4 Å². The van der Waals surface area contributed by atoms with Crippen LogP contribution in [-0.4, -0.2) is 28.6 Å². The van der Waals surface area contributed by atoms with Crippen molar-refractivity contribution in [3.8, 4) is 5.75 Å². The van der Waals surface area contributed by atoms with Gasteiger partial charge in [0, 0.05) is 29.0 Å². The van der Waals surface area contributed by atoms with E-state index in [-0.39, 0.29) is 11.8 Å². The number of hydrogen-bond acceptors (Lipinski definition) is 3. The lowest BCUT2D eigenvalue weighted by molar-refractivity contribution is -0.117. The van der Waals surface area contributed by atoms with Gasteiger partial charge in [-0.05, 0) is 55.5 Å². The van der Waals surface area contributed by atoms with Crippen LogP contribution in [0, 0.1) is 6.92 Å². The Morgan fingerprint density at radius 3 is 2.56 bits per heavy atom. The number of aromatic nitrogens is 2. The van der Waals surface area contributed by atoms with Gasteiger partial charge in [0.2, 0.25) is 5.91 Å². The van der Waals surface area contributed by atoms with E-state index in [0.29, 0.717) is 26.1 Å². The molecule has 5 rings (SSSR count). The number of halogens is 1. The van der Waals surface area contributed by atoms with Crippen LogP contribution in [-0.2, 0) is 11.3 Å². The molecule has 162 valence electrons. The van der Waals surface area contributed by atoms with Crippen molar-refractivity contribution in [2.24, 2.45) is 0 Å². The minimum Gasteiger partial charge on any atom is -0.492 e. The summed E-state index contributed by atoms with van der Waals surface area (Å²) in [6.07, 6.45) is 0.457. The molecule has 0 N–H and O–H groups in total. The third-order valence-electron chi connectivity index (χ3n) is 5.92. The normalized spacial score (nSPS) is 16.1. The van der Waals surface area contributed by atoms with Gasteiger partial charge in [-0.25, -0.2) is 4.98 Å². The Balaban J connectivity index is 1.39. The number of imidazole rings is 1. The number of fused-ring (bicyclic) bond motifs is 1. The van der Waals surface area contributed by atoms with Gasteiger partial charge >= 0.3 is 0 Å². The quantitative estimate of drug-likeness (QED) is 0.348. The zero-order valence-corrected chi connectivity index (χ0v) is 19.5. The molecule has 0 radical (unpaired) electrons. The molecule has 32 heavy (non-hydrogen) atoms. The summed E-state index contributed by atoms with van der Waals surface area (Å²) in [6.45, 7) is 3.90. The average molecular weight is 490 g/mol. The summed E-state index contributed by atoms with van der Waals surface area (Å²) in [6, 6.07) is 24.1. The number of aryl methyl sites for hydroxylation is 1. The van der Waals surface area contributed by atoms with E-state index in [1.165, 1.54) is 5.56 Å². The van der Waals surface area contributed by atoms with Crippen LogP contribution in [0.15, 0.2) is 77.3 Å². The SMILES string of the molecule is Cc1ccc(OCCn2c(C3CC(=O)N(c4ccc(Br)cc4)C3)nc3ccccc32)cc1. The fourth-order valence-electron chi connectivity index (χ4n) is 4.28. The molecule has 6 heteroatoms. The monoisotopic (exact) mass is 489 g/mol. The number of nitrogens with zero attached hydrogens (tertiary/aromatic N) is 3. The summed E-state index contributed by atoms with van der Waals surface area (Å²) in [5.74, 6) is 1.98. The molecular formula is C26H24BrN3O2. The molecule has 1 fully saturated rings. The van der Waals surface area contributed by atoms with Gasteiger partial charge in [-0.3, -0.25) is 4.79 Å². The maximum absolute atomic E-state index is 12.8. The molecule has 0 saturated carbocycles. The van der Waals surface area contributed by atoms with Crippen molar-refractivity contribution >= 4 is 38.6 Å². The molecule has 2 heterocycles. The Labute approximate surface area is 195 Å². The number of anilines is 1. The number of para-hydroxylation sites is 2. The van der Waals surface area contributed by atoms with Crippen LogP contribution in [0.3, 0.4) is 0 Å². The van der Waals surface area contributed by atoms with Crippen LogP contribution in [0.4, 0.5) is 5.69 Å². The fraction of sp³-hybridized carbons (Fsp3) is 0.231.